The molecule has 0 bridgehead atoms. The number of anilines is 2. The molecule has 154 valence electrons. The molecule has 0 aliphatic carbocycles. The van der Waals surface area contributed by atoms with E-state index in [-0.39, 0.29) is 5.91 Å². The van der Waals surface area contributed by atoms with Gasteiger partial charge in [-0.25, -0.2) is 9.97 Å². The number of hydrogen-bond donors (Lipinski definition) is 1. The summed E-state index contributed by atoms with van der Waals surface area (Å²) in [4.78, 5) is 24.2. The summed E-state index contributed by atoms with van der Waals surface area (Å²) in [7, 11) is 0. The van der Waals surface area contributed by atoms with Crippen LogP contribution in [0.15, 0.2) is 79.0 Å². The van der Waals surface area contributed by atoms with Crippen molar-refractivity contribution in [3.63, 3.8) is 0 Å². The minimum absolute atomic E-state index is 0.0924. The van der Waals surface area contributed by atoms with Crippen LogP contribution in [0.5, 0.6) is 0 Å². The molecule has 3 heterocycles. The zero-order chi connectivity index (χ0) is 21.0. The van der Waals surface area contributed by atoms with E-state index < -0.39 is 0 Å². The summed E-state index contributed by atoms with van der Waals surface area (Å²) in [5, 5.41) is 4.36. The van der Waals surface area contributed by atoms with Crippen LogP contribution in [0, 0.1) is 0 Å². The third-order valence-electron chi connectivity index (χ3n) is 5.70. The number of carbonyl (C=O) groups is 1. The van der Waals surface area contributed by atoms with Gasteiger partial charge in [0, 0.05) is 35.8 Å². The number of carbonyl (C=O) groups excluding carboxylic acids is 1. The summed E-state index contributed by atoms with van der Waals surface area (Å²) in [5.74, 6) is 1.54. The number of fused-ring (bicyclic) bond motifs is 1. The third kappa shape index (κ3) is 4.12. The quantitative estimate of drug-likeness (QED) is 0.473. The van der Waals surface area contributed by atoms with Crippen LogP contribution in [0.2, 0.25) is 0 Å². The second-order valence-corrected chi connectivity index (χ2v) is 7.85. The molecular formula is C26H24N4O. The van der Waals surface area contributed by atoms with Crippen molar-refractivity contribution in [2.24, 2.45) is 0 Å². The van der Waals surface area contributed by atoms with Gasteiger partial charge in [-0.15, -0.1) is 0 Å². The fourth-order valence-electron chi connectivity index (χ4n) is 4.07. The van der Waals surface area contributed by atoms with Gasteiger partial charge in [-0.1, -0.05) is 42.5 Å². The smallest absolute Gasteiger partial charge is 0.253 e. The molecule has 0 atom stereocenters. The topological polar surface area (TPSA) is 58.1 Å². The maximum absolute atomic E-state index is 13.0. The number of benzene rings is 2. The van der Waals surface area contributed by atoms with E-state index in [2.05, 4.69) is 28.5 Å². The molecule has 1 fully saturated rings. The van der Waals surface area contributed by atoms with Crippen molar-refractivity contribution in [1.29, 1.82) is 0 Å². The van der Waals surface area contributed by atoms with E-state index in [0.717, 1.165) is 59.6 Å². The monoisotopic (exact) mass is 408 g/mol. The number of nitrogens with zero attached hydrogens (tertiary/aromatic N) is 3. The van der Waals surface area contributed by atoms with Crippen molar-refractivity contribution in [2.45, 2.75) is 19.3 Å². The molecule has 1 saturated heterocycles. The molecule has 2 aromatic carbocycles. The Balaban J connectivity index is 1.58. The molecule has 1 N–H and O–H groups in total. The Labute approximate surface area is 181 Å². The van der Waals surface area contributed by atoms with Gasteiger partial charge < -0.3 is 10.2 Å². The minimum atomic E-state index is 0.0924. The highest BCUT2D eigenvalue weighted by molar-refractivity contribution is 5.99. The van der Waals surface area contributed by atoms with Crippen molar-refractivity contribution >= 4 is 28.4 Å². The van der Waals surface area contributed by atoms with Crippen LogP contribution in [0.25, 0.3) is 22.0 Å². The van der Waals surface area contributed by atoms with Crippen molar-refractivity contribution in [2.75, 3.05) is 18.4 Å². The average molecular weight is 409 g/mol. The summed E-state index contributed by atoms with van der Waals surface area (Å²) < 4.78 is 0. The maximum Gasteiger partial charge on any atom is 0.253 e. The van der Waals surface area contributed by atoms with Crippen LogP contribution in [-0.2, 0) is 0 Å². The zero-order valence-corrected chi connectivity index (χ0v) is 17.3. The average Bonchev–Trinajstić information content (AvgIpc) is 2.84. The largest absolute Gasteiger partial charge is 0.339 e. The predicted molar refractivity (Wildman–Crippen MR) is 124 cm³/mol. The molecule has 4 aromatic rings. The summed E-state index contributed by atoms with van der Waals surface area (Å²) in [6, 6.07) is 23.9. The van der Waals surface area contributed by atoms with Gasteiger partial charge in [-0.2, -0.15) is 0 Å². The van der Waals surface area contributed by atoms with Crippen molar-refractivity contribution in [3.05, 3.63) is 84.6 Å². The first-order valence-corrected chi connectivity index (χ1v) is 10.8. The Morgan fingerprint density at radius 1 is 0.871 bits per heavy atom. The fourth-order valence-corrected chi connectivity index (χ4v) is 4.07. The van der Waals surface area contributed by atoms with Crippen molar-refractivity contribution < 1.29 is 4.79 Å². The van der Waals surface area contributed by atoms with Gasteiger partial charge in [0.25, 0.3) is 5.91 Å². The van der Waals surface area contributed by atoms with Gasteiger partial charge in [0.15, 0.2) is 0 Å². The first-order chi connectivity index (χ1) is 15.3. The van der Waals surface area contributed by atoms with E-state index in [1.807, 2.05) is 59.5 Å². The first-order valence-electron chi connectivity index (χ1n) is 10.8. The van der Waals surface area contributed by atoms with Crippen molar-refractivity contribution in [1.82, 2.24) is 14.9 Å². The highest BCUT2D eigenvalue weighted by Crippen LogP contribution is 2.32. The summed E-state index contributed by atoms with van der Waals surface area (Å²) in [5.41, 5.74) is 3.55. The van der Waals surface area contributed by atoms with Crippen LogP contribution < -0.4 is 5.32 Å². The predicted octanol–water partition coefficient (Wildman–Crippen LogP) is 5.67. The normalized spacial score (nSPS) is 13.9. The van der Waals surface area contributed by atoms with Crippen LogP contribution in [0.1, 0.15) is 29.6 Å². The Morgan fingerprint density at radius 2 is 1.68 bits per heavy atom. The fraction of sp³-hybridized carbons (Fsp3) is 0.192. The number of nitrogens with one attached hydrogen (secondary N) is 1. The highest BCUT2D eigenvalue weighted by Gasteiger charge is 2.19. The third-order valence-corrected chi connectivity index (χ3v) is 5.70. The Morgan fingerprint density at radius 3 is 2.45 bits per heavy atom. The Kier molecular flexibility index (Phi) is 5.31. The summed E-state index contributed by atoms with van der Waals surface area (Å²) in [6.45, 7) is 1.67. The van der Waals surface area contributed by atoms with Gasteiger partial charge in [-0.3, -0.25) is 4.79 Å². The number of pyridine rings is 2. The van der Waals surface area contributed by atoms with Crippen LogP contribution >= 0.6 is 0 Å². The van der Waals surface area contributed by atoms with Gasteiger partial charge in [-0.05, 0) is 55.2 Å². The lowest BCUT2D eigenvalue weighted by Gasteiger charge is -2.26. The first kappa shape index (κ1) is 19.2. The van der Waals surface area contributed by atoms with E-state index in [9.17, 15) is 4.79 Å². The number of piperidine rings is 1. The van der Waals surface area contributed by atoms with E-state index >= 15 is 0 Å². The number of aromatic nitrogens is 2. The Bertz CT molecular complexity index is 1200. The van der Waals surface area contributed by atoms with Gasteiger partial charge in [0.1, 0.15) is 11.6 Å². The maximum atomic E-state index is 13.0. The molecule has 5 heteroatoms. The molecule has 1 amide bonds. The molecule has 0 unspecified atom stereocenters. The number of hydrogen-bond acceptors (Lipinski definition) is 4. The Hall–Kier alpha value is -3.73. The standard InChI is InChI=1S/C26H24N4O/c31-26(30-15-7-2-8-16-30)21-13-12-20-17-22(19-9-3-1-4-10-19)25(28-23(20)18-21)29-24-11-5-6-14-27-24/h1,3-6,9-14,17-18H,2,7-8,15-16H2,(H,27,28,29). The van der Waals surface area contributed by atoms with Gasteiger partial charge in [0.05, 0.1) is 5.52 Å². The SMILES string of the molecule is O=C(c1ccc2cc(-c3ccccc3)c(Nc3ccccn3)nc2c1)N1CCCCC1. The lowest BCUT2D eigenvalue weighted by molar-refractivity contribution is 0.0724. The van der Waals surface area contributed by atoms with E-state index in [1.54, 1.807) is 6.20 Å². The molecule has 5 rings (SSSR count). The molecule has 31 heavy (non-hydrogen) atoms. The molecule has 0 radical (unpaired) electrons. The minimum Gasteiger partial charge on any atom is -0.339 e. The molecule has 0 spiro atoms. The van der Waals surface area contributed by atoms with Gasteiger partial charge >= 0.3 is 0 Å². The van der Waals surface area contributed by atoms with Crippen LogP contribution in [0.3, 0.4) is 0 Å². The van der Waals surface area contributed by atoms with E-state index in [0.29, 0.717) is 5.56 Å². The molecule has 2 aromatic heterocycles. The number of rotatable bonds is 4. The molecule has 5 nitrogen and oxygen atoms in total. The molecule has 1 aliphatic rings. The molecular weight excluding hydrogens is 384 g/mol. The lowest BCUT2D eigenvalue weighted by atomic mass is 10.0. The van der Waals surface area contributed by atoms with E-state index in [4.69, 9.17) is 4.98 Å². The highest BCUT2D eigenvalue weighted by atomic mass is 16.2. The van der Waals surface area contributed by atoms with Crippen LogP contribution in [0.4, 0.5) is 11.6 Å². The summed E-state index contributed by atoms with van der Waals surface area (Å²) >= 11 is 0. The van der Waals surface area contributed by atoms with E-state index in [1.165, 1.54) is 6.42 Å². The molecule has 0 saturated carbocycles. The van der Waals surface area contributed by atoms with Crippen LogP contribution in [-0.4, -0.2) is 33.9 Å². The second-order valence-electron chi connectivity index (χ2n) is 7.85. The number of amides is 1. The summed E-state index contributed by atoms with van der Waals surface area (Å²) in [6.07, 6.45) is 5.11. The lowest BCUT2D eigenvalue weighted by Crippen LogP contribution is -2.35. The van der Waals surface area contributed by atoms with Crippen molar-refractivity contribution in [3.8, 4) is 11.1 Å². The molecule has 1 aliphatic heterocycles. The zero-order valence-electron chi connectivity index (χ0n) is 17.3. The number of likely N-dealkylation sites (tertiary alicyclic amines) is 1. The van der Waals surface area contributed by atoms with Gasteiger partial charge in [0.2, 0.25) is 0 Å². The second kappa shape index (κ2) is 8.56.